The van der Waals surface area contributed by atoms with Crippen molar-refractivity contribution in [3.63, 3.8) is 0 Å². The fraction of sp³-hybridized carbons (Fsp3) is 0.667. The predicted molar refractivity (Wildman–Crippen MR) is 297 cm³/mol. The minimum absolute atomic E-state index is 0.0850. The third kappa shape index (κ3) is 54.9. The van der Waals surface area contributed by atoms with Gasteiger partial charge in [0.2, 0.25) is 0 Å². The van der Waals surface area contributed by atoms with Gasteiger partial charge in [-0.3, -0.25) is 14.4 Å². The first kappa shape index (κ1) is 65.1. The molecule has 0 rings (SSSR count). The Balaban J connectivity index is 4.22. The molecule has 6 heteroatoms. The van der Waals surface area contributed by atoms with E-state index in [9.17, 15) is 14.4 Å². The van der Waals surface area contributed by atoms with Gasteiger partial charge in [0.05, 0.1) is 0 Å². The van der Waals surface area contributed by atoms with Crippen LogP contribution in [0.25, 0.3) is 0 Å². The second-order valence-corrected chi connectivity index (χ2v) is 18.4. The zero-order chi connectivity index (χ0) is 50.0. The summed E-state index contributed by atoms with van der Waals surface area (Å²) in [5.74, 6) is -0.911. The van der Waals surface area contributed by atoms with Gasteiger partial charge in [0, 0.05) is 19.3 Å². The smallest absolute Gasteiger partial charge is 0.306 e. The molecule has 0 saturated carbocycles. The molecule has 0 saturated heterocycles. The molecule has 69 heavy (non-hydrogen) atoms. The molecule has 0 fully saturated rings. The maximum atomic E-state index is 12.8. The number of carbonyl (C=O) groups is 3. The number of hydrogen-bond donors (Lipinski definition) is 0. The van der Waals surface area contributed by atoms with E-state index in [1.165, 1.54) is 83.5 Å². The van der Waals surface area contributed by atoms with Crippen LogP contribution in [0.3, 0.4) is 0 Å². The highest BCUT2D eigenvalue weighted by molar-refractivity contribution is 5.71. The molecule has 0 heterocycles. The lowest BCUT2D eigenvalue weighted by Gasteiger charge is -2.18. The van der Waals surface area contributed by atoms with Crippen molar-refractivity contribution in [3.05, 3.63) is 109 Å². The van der Waals surface area contributed by atoms with Crippen molar-refractivity contribution in [1.82, 2.24) is 0 Å². The molecule has 0 amide bonds. The fourth-order valence-corrected chi connectivity index (χ4v) is 7.58. The van der Waals surface area contributed by atoms with Crippen LogP contribution in [0, 0.1) is 0 Å². The summed E-state index contributed by atoms with van der Waals surface area (Å²) < 4.78 is 16.8. The summed E-state index contributed by atoms with van der Waals surface area (Å²) in [6.07, 6.45) is 76.7. The van der Waals surface area contributed by atoms with Crippen LogP contribution in [-0.2, 0) is 28.6 Å². The first-order valence-corrected chi connectivity index (χ1v) is 28.4. The van der Waals surface area contributed by atoms with E-state index >= 15 is 0 Å². The summed E-state index contributed by atoms with van der Waals surface area (Å²) in [4.78, 5) is 37.9. The van der Waals surface area contributed by atoms with Gasteiger partial charge in [0.25, 0.3) is 0 Å². The lowest BCUT2D eigenvalue weighted by molar-refractivity contribution is -0.167. The minimum atomic E-state index is -0.785. The molecular weight excluding hydrogens is 853 g/mol. The van der Waals surface area contributed by atoms with E-state index in [2.05, 4.69) is 130 Å². The maximum Gasteiger partial charge on any atom is 0.306 e. The molecule has 1 unspecified atom stereocenters. The lowest BCUT2D eigenvalue weighted by Crippen LogP contribution is -2.30. The molecule has 392 valence electrons. The summed E-state index contributed by atoms with van der Waals surface area (Å²) in [6, 6.07) is 0. The Morgan fingerprint density at radius 2 is 0.565 bits per heavy atom. The van der Waals surface area contributed by atoms with Gasteiger partial charge in [0.1, 0.15) is 13.2 Å². The average molecular weight is 958 g/mol. The lowest BCUT2D eigenvalue weighted by atomic mass is 10.1. The normalized spacial score (nSPS) is 12.9. The Hall–Kier alpha value is -3.93. The minimum Gasteiger partial charge on any atom is -0.462 e. The summed E-state index contributed by atoms with van der Waals surface area (Å²) in [5, 5.41) is 0. The van der Waals surface area contributed by atoms with Gasteiger partial charge in [-0.15, -0.1) is 0 Å². The number of hydrogen-bond acceptors (Lipinski definition) is 6. The van der Waals surface area contributed by atoms with E-state index < -0.39 is 6.10 Å². The number of unbranched alkanes of at least 4 members (excludes halogenated alkanes) is 21. The Bertz CT molecular complexity index is 1420. The molecule has 0 aromatic heterocycles. The van der Waals surface area contributed by atoms with Crippen LogP contribution in [-0.4, -0.2) is 37.2 Å². The van der Waals surface area contributed by atoms with Gasteiger partial charge in [-0.05, 0) is 103 Å². The highest BCUT2D eigenvalue weighted by Gasteiger charge is 2.19. The Kier molecular flexibility index (Phi) is 53.4. The fourth-order valence-electron chi connectivity index (χ4n) is 7.58. The number of rotatable bonds is 50. The molecule has 0 bridgehead atoms. The van der Waals surface area contributed by atoms with Gasteiger partial charge in [0.15, 0.2) is 6.10 Å². The van der Waals surface area contributed by atoms with E-state index in [0.29, 0.717) is 19.3 Å². The monoisotopic (exact) mass is 957 g/mol. The molecule has 0 aromatic rings. The first-order chi connectivity index (χ1) is 34.0. The van der Waals surface area contributed by atoms with Gasteiger partial charge >= 0.3 is 17.9 Å². The third-order valence-corrected chi connectivity index (χ3v) is 11.8. The highest BCUT2D eigenvalue weighted by Crippen LogP contribution is 2.14. The topological polar surface area (TPSA) is 78.9 Å². The van der Waals surface area contributed by atoms with E-state index in [-0.39, 0.29) is 31.1 Å². The number of esters is 3. The molecule has 1 atom stereocenters. The van der Waals surface area contributed by atoms with E-state index in [1.807, 2.05) is 0 Å². The van der Waals surface area contributed by atoms with Crippen LogP contribution in [0.2, 0.25) is 0 Å². The van der Waals surface area contributed by atoms with Crippen molar-refractivity contribution in [1.29, 1.82) is 0 Å². The molecule has 0 aliphatic heterocycles. The Morgan fingerprint density at radius 1 is 0.304 bits per heavy atom. The van der Waals surface area contributed by atoms with Crippen molar-refractivity contribution >= 4 is 17.9 Å². The molecular formula is C63H104O6. The number of ether oxygens (including phenoxy) is 3. The number of allylic oxidation sites excluding steroid dienone is 18. The van der Waals surface area contributed by atoms with Gasteiger partial charge in [-0.1, -0.05) is 239 Å². The van der Waals surface area contributed by atoms with Crippen molar-refractivity contribution in [2.75, 3.05) is 13.2 Å². The summed E-state index contributed by atoms with van der Waals surface area (Å²) >= 11 is 0. The van der Waals surface area contributed by atoms with Gasteiger partial charge in [-0.2, -0.15) is 0 Å². The molecule has 0 radical (unpaired) electrons. The first-order valence-electron chi connectivity index (χ1n) is 28.4. The SMILES string of the molecule is CC/C=C\C/C=C\C/C=C\C/C=C\C/C=C\C/C=C\CCCCCCCCCCC(=O)OCC(COC(=O)CCCCCCCCC)OC(=O)CCCCCCCCC/C=C\C/C=C\C/C=C\CC. The van der Waals surface area contributed by atoms with Crippen molar-refractivity contribution in [2.45, 2.75) is 258 Å². The van der Waals surface area contributed by atoms with Crippen molar-refractivity contribution in [3.8, 4) is 0 Å². The average Bonchev–Trinajstić information content (AvgIpc) is 3.35. The second kappa shape index (κ2) is 56.7. The second-order valence-electron chi connectivity index (χ2n) is 18.4. The zero-order valence-corrected chi connectivity index (χ0v) is 44.8. The standard InChI is InChI=1S/C63H104O6/c1-4-7-10-13-16-18-20-22-24-26-27-28-29-30-31-32-33-34-35-37-38-40-42-44-47-50-53-56-62(65)68-59-60(58-67-61(64)55-52-49-46-15-12-9-6-3)69-63(66)57-54-51-48-45-43-41-39-36-25-23-21-19-17-14-11-8-5-2/h7-8,10-11,16-19,22-25,27-28,30-31,33-34,60H,4-6,9,12-15,20-21,26,29,32,35-59H2,1-3H3/b10-7-,11-8-,18-16-,19-17-,24-22-,25-23-,28-27-,31-30-,34-33-. The molecule has 6 nitrogen and oxygen atoms in total. The highest BCUT2D eigenvalue weighted by atomic mass is 16.6. The molecule has 0 aliphatic rings. The molecule has 0 spiro atoms. The van der Waals surface area contributed by atoms with Crippen LogP contribution >= 0.6 is 0 Å². The van der Waals surface area contributed by atoms with Crippen LogP contribution in [0.4, 0.5) is 0 Å². The van der Waals surface area contributed by atoms with Crippen LogP contribution in [0.1, 0.15) is 252 Å². The zero-order valence-electron chi connectivity index (χ0n) is 44.8. The van der Waals surface area contributed by atoms with Crippen LogP contribution < -0.4 is 0 Å². The van der Waals surface area contributed by atoms with Crippen molar-refractivity contribution < 1.29 is 28.6 Å². The van der Waals surface area contributed by atoms with Crippen molar-refractivity contribution in [2.24, 2.45) is 0 Å². The quantitative estimate of drug-likeness (QED) is 0.0262. The molecule has 0 aromatic carbocycles. The summed E-state index contributed by atoms with van der Waals surface area (Å²) in [6.45, 7) is 6.35. The summed E-state index contributed by atoms with van der Waals surface area (Å²) in [7, 11) is 0. The summed E-state index contributed by atoms with van der Waals surface area (Å²) in [5.41, 5.74) is 0. The maximum absolute atomic E-state index is 12.8. The Morgan fingerprint density at radius 3 is 0.884 bits per heavy atom. The largest absolute Gasteiger partial charge is 0.462 e. The van der Waals surface area contributed by atoms with E-state index in [0.717, 1.165) is 128 Å². The molecule has 0 aliphatic carbocycles. The Labute approximate surface area is 425 Å². The van der Waals surface area contributed by atoms with Gasteiger partial charge in [-0.25, -0.2) is 0 Å². The van der Waals surface area contributed by atoms with Crippen LogP contribution in [0.15, 0.2) is 109 Å². The van der Waals surface area contributed by atoms with E-state index in [1.54, 1.807) is 0 Å². The third-order valence-electron chi connectivity index (χ3n) is 11.8. The predicted octanol–water partition coefficient (Wildman–Crippen LogP) is 19.1. The van der Waals surface area contributed by atoms with E-state index in [4.69, 9.17) is 14.2 Å². The molecule has 0 N–H and O–H groups in total. The van der Waals surface area contributed by atoms with Crippen LogP contribution in [0.5, 0.6) is 0 Å². The number of carbonyl (C=O) groups excluding carboxylic acids is 3. The van der Waals surface area contributed by atoms with Gasteiger partial charge < -0.3 is 14.2 Å².